The fraction of sp³-hybridized carbons (Fsp3) is 0.429. The maximum Gasteiger partial charge on any atom is 0.123 e. The molecule has 0 amide bonds. The fourth-order valence-corrected chi connectivity index (χ4v) is 3.01. The summed E-state index contributed by atoms with van der Waals surface area (Å²) >= 11 is 3.49. The minimum Gasteiger partial charge on any atom is -0.507 e. The van der Waals surface area contributed by atoms with Crippen molar-refractivity contribution in [1.82, 2.24) is 10.2 Å². The standard InChI is InChI=1S/C14H19BrN2O.2ClH/c1-3-13(17-6-4-16-5-7-17)12-9-11(15)8-10(2)14(12)18;;/h3,8-9,13,16,18H,1,4-7H2,2H3;2*1H/t13-;;/m0../s1. The average molecular weight is 384 g/mol. The van der Waals surface area contributed by atoms with Crippen molar-refractivity contribution in [1.29, 1.82) is 0 Å². The Bertz CT molecular complexity index is 451. The third kappa shape index (κ3) is 4.37. The van der Waals surface area contributed by atoms with Crippen LogP contribution in [0, 0.1) is 6.92 Å². The summed E-state index contributed by atoms with van der Waals surface area (Å²) in [7, 11) is 0. The highest BCUT2D eigenvalue weighted by Gasteiger charge is 2.22. The van der Waals surface area contributed by atoms with Crippen molar-refractivity contribution in [2.75, 3.05) is 26.2 Å². The number of aryl methyl sites for hydroxylation is 1. The van der Waals surface area contributed by atoms with Gasteiger partial charge in [0.15, 0.2) is 0 Å². The predicted molar refractivity (Wildman–Crippen MR) is 92.4 cm³/mol. The molecule has 3 nitrogen and oxygen atoms in total. The predicted octanol–water partition coefficient (Wildman–Crippen LogP) is 3.44. The molecule has 1 saturated heterocycles. The molecule has 0 radical (unpaired) electrons. The SMILES string of the molecule is C=C[C@@H](c1cc(Br)cc(C)c1O)N1CCNCC1.Cl.Cl. The zero-order valence-electron chi connectivity index (χ0n) is 11.4. The van der Waals surface area contributed by atoms with Gasteiger partial charge < -0.3 is 10.4 Å². The fourth-order valence-electron chi connectivity index (χ4n) is 2.42. The van der Waals surface area contributed by atoms with E-state index >= 15 is 0 Å². The van der Waals surface area contributed by atoms with E-state index in [4.69, 9.17) is 0 Å². The summed E-state index contributed by atoms with van der Waals surface area (Å²) in [6.45, 7) is 9.76. The van der Waals surface area contributed by atoms with Crippen LogP contribution in [0.25, 0.3) is 0 Å². The highest BCUT2D eigenvalue weighted by molar-refractivity contribution is 9.10. The molecule has 1 fully saturated rings. The third-order valence-electron chi connectivity index (χ3n) is 3.38. The van der Waals surface area contributed by atoms with Crippen molar-refractivity contribution >= 4 is 40.7 Å². The Morgan fingerprint density at radius 3 is 2.50 bits per heavy atom. The summed E-state index contributed by atoms with van der Waals surface area (Å²) in [6.07, 6.45) is 1.91. The van der Waals surface area contributed by atoms with Crippen molar-refractivity contribution in [2.45, 2.75) is 13.0 Å². The molecule has 2 N–H and O–H groups in total. The molecule has 0 saturated carbocycles. The number of benzene rings is 1. The van der Waals surface area contributed by atoms with Crippen molar-refractivity contribution < 1.29 is 5.11 Å². The lowest BCUT2D eigenvalue weighted by Crippen LogP contribution is -2.44. The summed E-state index contributed by atoms with van der Waals surface area (Å²) in [5.74, 6) is 0.377. The summed E-state index contributed by atoms with van der Waals surface area (Å²) in [5.41, 5.74) is 1.82. The summed E-state index contributed by atoms with van der Waals surface area (Å²) in [5, 5.41) is 13.6. The summed E-state index contributed by atoms with van der Waals surface area (Å²) < 4.78 is 0.995. The first-order valence-corrected chi connectivity index (χ1v) is 6.99. The van der Waals surface area contributed by atoms with Crippen molar-refractivity contribution in [3.05, 3.63) is 40.4 Å². The van der Waals surface area contributed by atoms with Crippen LogP contribution in [-0.4, -0.2) is 36.2 Å². The zero-order chi connectivity index (χ0) is 13.1. The number of nitrogens with zero attached hydrogens (tertiary/aromatic N) is 1. The van der Waals surface area contributed by atoms with Crippen LogP contribution >= 0.6 is 40.7 Å². The minimum atomic E-state index is 0. The number of halogens is 3. The molecule has 0 unspecified atom stereocenters. The molecule has 1 atom stereocenters. The van der Waals surface area contributed by atoms with Gasteiger partial charge in [-0.05, 0) is 24.6 Å². The first-order valence-electron chi connectivity index (χ1n) is 6.20. The molecule has 1 heterocycles. The van der Waals surface area contributed by atoms with E-state index in [2.05, 4.69) is 32.7 Å². The number of phenolic OH excluding ortho intramolecular Hbond substituents is 1. The van der Waals surface area contributed by atoms with Crippen LogP contribution in [0.5, 0.6) is 5.75 Å². The Hall–Kier alpha value is -0.260. The lowest BCUT2D eigenvalue weighted by molar-refractivity contribution is 0.201. The zero-order valence-corrected chi connectivity index (χ0v) is 14.7. The molecule has 1 aliphatic heterocycles. The van der Waals surface area contributed by atoms with Crippen LogP contribution in [0.3, 0.4) is 0 Å². The maximum absolute atomic E-state index is 10.2. The lowest BCUT2D eigenvalue weighted by Gasteiger charge is -2.34. The van der Waals surface area contributed by atoms with E-state index in [-0.39, 0.29) is 30.9 Å². The highest BCUT2D eigenvalue weighted by Crippen LogP contribution is 2.34. The minimum absolute atomic E-state index is 0. The van der Waals surface area contributed by atoms with Crippen molar-refractivity contribution in [2.24, 2.45) is 0 Å². The molecule has 0 bridgehead atoms. The van der Waals surface area contributed by atoms with Gasteiger partial charge in [0.05, 0.1) is 6.04 Å². The third-order valence-corrected chi connectivity index (χ3v) is 3.84. The van der Waals surface area contributed by atoms with Gasteiger partial charge in [-0.2, -0.15) is 0 Å². The Labute approximate surface area is 141 Å². The molecule has 0 spiro atoms. The van der Waals surface area contributed by atoms with Gasteiger partial charge in [-0.25, -0.2) is 0 Å². The molecule has 0 aliphatic carbocycles. The molecular weight excluding hydrogens is 363 g/mol. The molecular formula is C14H21BrCl2N2O. The first-order chi connectivity index (χ1) is 8.63. The van der Waals surface area contributed by atoms with Crippen LogP contribution in [-0.2, 0) is 0 Å². The smallest absolute Gasteiger partial charge is 0.123 e. The lowest BCUT2D eigenvalue weighted by atomic mass is 10.0. The van der Waals surface area contributed by atoms with E-state index in [0.717, 1.165) is 41.8 Å². The van der Waals surface area contributed by atoms with E-state index in [1.54, 1.807) is 0 Å². The average Bonchev–Trinajstić information content (AvgIpc) is 2.37. The van der Waals surface area contributed by atoms with Gasteiger partial charge >= 0.3 is 0 Å². The number of phenols is 1. The van der Waals surface area contributed by atoms with Gasteiger partial charge in [-0.15, -0.1) is 31.4 Å². The molecule has 114 valence electrons. The quantitative estimate of drug-likeness (QED) is 0.784. The molecule has 1 aliphatic rings. The van der Waals surface area contributed by atoms with Crippen molar-refractivity contribution in [3.8, 4) is 5.75 Å². The van der Waals surface area contributed by atoms with E-state index in [0.29, 0.717) is 5.75 Å². The van der Waals surface area contributed by atoms with Crippen LogP contribution in [0.4, 0.5) is 0 Å². The highest BCUT2D eigenvalue weighted by atomic mass is 79.9. The maximum atomic E-state index is 10.2. The topological polar surface area (TPSA) is 35.5 Å². The van der Waals surface area contributed by atoms with E-state index in [9.17, 15) is 5.11 Å². The Balaban J connectivity index is 0.00000180. The Kier molecular flexibility index (Phi) is 8.79. The van der Waals surface area contributed by atoms with Gasteiger partial charge in [-0.3, -0.25) is 4.90 Å². The van der Waals surface area contributed by atoms with Gasteiger partial charge in [0.1, 0.15) is 5.75 Å². The summed E-state index contributed by atoms with van der Waals surface area (Å²) in [6, 6.07) is 3.98. The molecule has 2 rings (SSSR count). The van der Waals surface area contributed by atoms with Crippen LogP contribution in [0.15, 0.2) is 29.3 Å². The normalized spacial score (nSPS) is 16.7. The Morgan fingerprint density at radius 2 is 1.95 bits per heavy atom. The van der Waals surface area contributed by atoms with Gasteiger partial charge in [0.25, 0.3) is 0 Å². The number of hydrogen-bond acceptors (Lipinski definition) is 3. The second-order valence-electron chi connectivity index (χ2n) is 4.63. The second-order valence-corrected chi connectivity index (χ2v) is 5.54. The largest absolute Gasteiger partial charge is 0.507 e. The van der Waals surface area contributed by atoms with Crippen molar-refractivity contribution in [3.63, 3.8) is 0 Å². The van der Waals surface area contributed by atoms with Gasteiger partial charge in [-0.1, -0.05) is 22.0 Å². The van der Waals surface area contributed by atoms with E-state index in [1.807, 2.05) is 25.1 Å². The summed E-state index contributed by atoms with van der Waals surface area (Å²) in [4.78, 5) is 2.34. The van der Waals surface area contributed by atoms with Gasteiger partial charge in [0, 0.05) is 36.2 Å². The van der Waals surface area contributed by atoms with Crippen LogP contribution < -0.4 is 5.32 Å². The molecule has 1 aromatic carbocycles. The number of rotatable bonds is 3. The number of piperazine rings is 1. The van der Waals surface area contributed by atoms with E-state index < -0.39 is 0 Å². The monoisotopic (exact) mass is 382 g/mol. The van der Waals surface area contributed by atoms with Crippen LogP contribution in [0.2, 0.25) is 0 Å². The van der Waals surface area contributed by atoms with E-state index in [1.165, 1.54) is 0 Å². The number of hydrogen-bond donors (Lipinski definition) is 2. The first kappa shape index (κ1) is 19.7. The second kappa shape index (κ2) is 8.90. The Morgan fingerprint density at radius 1 is 1.35 bits per heavy atom. The number of nitrogens with one attached hydrogen (secondary N) is 1. The van der Waals surface area contributed by atoms with Crippen LogP contribution in [0.1, 0.15) is 17.2 Å². The van der Waals surface area contributed by atoms with Gasteiger partial charge in [0.2, 0.25) is 0 Å². The molecule has 0 aromatic heterocycles. The molecule has 1 aromatic rings. The number of aromatic hydroxyl groups is 1. The molecule has 6 heteroatoms. The molecule has 20 heavy (non-hydrogen) atoms.